The summed E-state index contributed by atoms with van der Waals surface area (Å²) in [7, 11) is 0. The SMILES string of the molecule is c1ccc2c(c1)Cn1c-2nc2cnc(N3CCCCCC3)nc21. The monoisotopic (exact) mass is 305 g/mol. The highest BCUT2D eigenvalue weighted by Crippen LogP contribution is 2.34. The number of imidazole rings is 1. The lowest BCUT2D eigenvalue weighted by atomic mass is 10.1. The van der Waals surface area contributed by atoms with Crippen LogP contribution in [-0.4, -0.2) is 32.6 Å². The largest absolute Gasteiger partial charge is 0.341 e. The van der Waals surface area contributed by atoms with Crippen LogP contribution in [0, 0.1) is 0 Å². The van der Waals surface area contributed by atoms with Gasteiger partial charge in [0.25, 0.3) is 0 Å². The summed E-state index contributed by atoms with van der Waals surface area (Å²) in [6, 6.07) is 8.48. The molecule has 3 aromatic rings. The third kappa shape index (κ3) is 2.03. The van der Waals surface area contributed by atoms with E-state index in [0.29, 0.717) is 0 Å². The Morgan fingerprint density at radius 1 is 0.913 bits per heavy atom. The summed E-state index contributed by atoms with van der Waals surface area (Å²) >= 11 is 0. The number of rotatable bonds is 1. The van der Waals surface area contributed by atoms with Gasteiger partial charge in [0.15, 0.2) is 5.65 Å². The third-order valence-electron chi connectivity index (χ3n) is 4.95. The lowest BCUT2D eigenvalue weighted by Crippen LogP contribution is -2.26. The number of fused-ring (bicyclic) bond motifs is 5. The highest BCUT2D eigenvalue weighted by molar-refractivity contribution is 5.80. The van der Waals surface area contributed by atoms with Crippen molar-refractivity contribution in [2.24, 2.45) is 0 Å². The van der Waals surface area contributed by atoms with E-state index in [1.807, 2.05) is 6.20 Å². The first-order valence-corrected chi connectivity index (χ1v) is 8.47. The zero-order valence-corrected chi connectivity index (χ0v) is 13.1. The first-order valence-electron chi connectivity index (χ1n) is 8.47. The highest BCUT2D eigenvalue weighted by atomic mass is 15.3. The molecule has 1 fully saturated rings. The van der Waals surface area contributed by atoms with Crippen LogP contribution in [0.2, 0.25) is 0 Å². The second kappa shape index (κ2) is 5.05. The second-order valence-corrected chi connectivity index (χ2v) is 6.46. The van der Waals surface area contributed by atoms with E-state index in [4.69, 9.17) is 9.97 Å². The van der Waals surface area contributed by atoms with Gasteiger partial charge in [-0.1, -0.05) is 37.1 Å². The van der Waals surface area contributed by atoms with Crippen molar-refractivity contribution in [3.63, 3.8) is 0 Å². The maximum atomic E-state index is 4.87. The number of benzene rings is 1. The molecule has 0 spiro atoms. The third-order valence-corrected chi connectivity index (χ3v) is 4.95. The van der Waals surface area contributed by atoms with Gasteiger partial charge in [0, 0.05) is 18.7 Å². The average Bonchev–Trinajstić information content (AvgIpc) is 2.97. The van der Waals surface area contributed by atoms with Crippen LogP contribution in [0.25, 0.3) is 22.6 Å². The predicted molar refractivity (Wildman–Crippen MR) is 90.5 cm³/mol. The van der Waals surface area contributed by atoms with E-state index in [1.54, 1.807) is 0 Å². The molecular weight excluding hydrogens is 286 g/mol. The standard InChI is InChI=1S/C18H19N5/c1-2-6-10-22(9-5-1)18-19-11-15-17(21-18)23-12-13-7-3-4-8-14(13)16(23)20-15/h3-4,7-8,11H,1-2,5-6,9-10,12H2. The normalized spacial score (nSPS) is 17.1. The van der Waals surface area contributed by atoms with Gasteiger partial charge in [-0.3, -0.25) is 0 Å². The van der Waals surface area contributed by atoms with Crippen LogP contribution < -0.4 is 4.90 Å². The van der Waals surface area contributed by atoms with E-state index in [-0.39, 0.29) is 0 Å². The summed E-state index contributed by atoms with van der Waals surface area (Å²) in [6.45, 7) is 2.98. The molecule has 1 aromatic carbocycles. The molecule has 5 rings (SSSR count). The fourth-order valence-electron chi connectivity index (χ4n) is 3.73. The molecule has 23 heavy (non-hydrogen) atoms. The molecule has 0 unspecified atom stereocenters. The van der Waals surface area contributed by atoms with Gasteiger partial charge in [0.2, 0.25) is 5.95 Å². The maximum absolute atomic E-state index is 4.87. The maximum Gasteiger partial charge on any atom is 0.227 e. The van der Waals surface area contributed by atoms with Gasteiger partial charge in [0.05, 0.1) is 12.7 Å². The number of hydrogen-bond donors (Lipinski definition) is 0. The molecule has 0 N–H and O–H groups in total. The Kier molecular flexibility index (Phi) is 2.86. The van der Waals surface area contributed by atoms with E-state index in [2.05, 4.69) is 38.7 Å². The van der Waals surface area contributed by atoms with E-state index in [9.17, 15) is 0 Å². The molecule has 4 heterocycles. The van der Waals surface area contributed by atoms with Crippen molar-refractivity contribution in [3.05, 3.63) is 36.0 Å². The van der Waals surface area contributed by atoms with Crippen LogP contribution in [-0.2, 0) is 6.54 Å². The Morgan fingerprint density at radius 3 is 2.61 bits per heavy atom. The van der Waals surface area contributed by atoms with Crippen molar-refractivity contribution in [1.82, 2.24) is 19.5 Å². The van der Waals surface area contributed by atoms with Crippen LogP contribution in [0.5, 0.6) is 0 Å². The summed E-state index contributed by atoms with van der Waals surface area (Å²) in [5.41, 5.74) is 4.41. The number of hydrogen-bond acceptors (Lipinski definition) is 4. The minimum Gasteiger partial charge on any atom is -0.341 e. The Morgan fingerprint density at radius 2 is 1.74 bits per heavy atom. The highest BCUT2D eigenvalue weighted by Gasteiger charge is 2.24. The quantitative estimate of drug-likeness (QED) is 0.541. The van der Waals surface area contributed by atoms with E-state index in [1.165, 1.54) is 36.8 Å². The Labute approximate surface area is 135 Å². The minimum absolute atomic E-state index is 0.859. The van der Waals surface area contributed by atoms with Crippen LogP contribution in [0.4, 0.5) is 5.95 Å². The summed E-state index contributed by atoms with van der Waals surface area (Å²) in [6.07, 6.45) is 6.98. The van der Waals surface area contributed by atoms with Crippen molar-refractivity contribution < 1.29 is 0 Å². The number of anilines is 1. The molecular formula is C18H19N5. The fourth-order valence-corrected chi connectivity index (χ4v) is 3.73. The van der Waals surface area contributed by atoms with Crippen LogP contribution >= 0.6 is 0 Å². The summed E-state index contributed by atoms with van der Waals surface area (Å²) < 4.78 is 2.23. The van der Waals surface area contributed by atoms with E-state index >= 15 is 0 Å². The minimum atomic E-state index is 0.859. The molecule has 2 aliphatic heterocycles. The molecule has 2 aromatic heterocycles. The van der Waals surface area contributed by atoms with E-state index in [0.717, 1.165) is 42.6 Å². The Hall–Kier alpha value is -2.43. The van der Waals surface area contributed by atoms with Gasteiger partial charge in [-0.25, -0.2) is 9.97 Å². The predicted octanol–water partition coefficient (Wildman–Crippen LogP) is 3.24. The van der Waals surface area contributed by atoms with Crippen molar-refractivity contribution >= 4 is 17.1 Å². The first-order chi connectivity index (χ1) is 11.4. The molecule has 0 radical (unpaired) electrons. The van der Waals surface area contributed by atoms with Crippen LogP contribution in [0.3, 0.4) is 0 Å². The Bertz CT molecular complexity index is 874. The molecule has 1 saturated heterocycles. The lowest BCUT2D eigenvalue weighted by Gasteiger charge is -2.19. The summed E-state index contributed by atoms with van der Waals surface area (Å²) in [5.74, 6) is 1.89. The average molecular weight is 305 g/mol. The molecule has 5 nitrogen and oxygen atoms in total. The zero-order valence-electron chi connectivity index (χ0n) is 13.1. The topological polar surface area (TPSA) is 46.8 Å². The number of nitrogens with zero attached hydrogens (tertiary/aromatic N) is 5. The van der Waals surface area contributed by atoms with Gasteiger partial charge in [0.1, 0.15) is 11.3 Å². The summed E-state index contributed by atoms with van der Waals surface area (Å²) in [4.78, 5) is 16.5. The van der Waals surface area contributed by atoms with Crippen LogP contribution in [0.15, 0.2) is 30.5 Å². The molecule has 2 aliphatic rings. The van der Waals surface area contributed by atoms with Crippen molar-refractivity contribution in [3.8, 4) is 11.4 Å². The molecule has 0 saturated carbocycles. The molecule has 5 heteroatoms. The van der Waals surface area contributed by atoms with Gasteiger partial charge in [-0.2, -0.15) is 4.98 Å². The first kappa shape index (κ1) is 13.0. The van der Waals surface area contributed by atoms with Gasteiger partial charge in [-0.05, 0) is 18.4 Å². The van der Waals surface area contributed by atoms with Crippen molar-refractivity contribution in [2.75, 3.05) is 18.0 Å². The van der Waals surface area contributed by atoms with Crippen molar-refractivity contribution in [2.45, 2.75) is 32.2 Å². The van der Waals surface area contributed by atoms with Gasteiger partial charge < -0.3 is 9.47 Å². The molecule has 0 bridgehead atoms. The molecule has 0 amide bonds. The number of aromatic nitrogens is 4. The van der Waals surface area contributed by atoms with Gasteiger partial charge >= 0.3 is 0 Å². The summed E-state index contributed by atoms with van der Waals surface area (Å²) in [5, 5.41) is 0. The zero-order chi connectivity index (χ0) is 15.2. The molecule has 0 atom stereocenters. The lowest BCUT2D eigenvalue weighted by molar-refractivity contribution is 0.726. The molecule has 0 aliphatic carbocycles. The van der Waals surface area contributed by atoms with Crippen LogP contribution in [0.1, 0.15) is 31.2 Å². The Balaban J connectivity index is 1.60. The second-order valence-electron chi connectivity index (χ2n) is 6.46. The van der Waals surface area contributed by atoms with Crippen molar-refractivity contribution in [1.29, 1.82) is 0 Å². The molecule has 116 valence electrons. The smallest absolute Gasteiger partial charge is 0.227 e. The van der Waals surface area contributed by atoms with E-state index < -0.39 is 0 Å². The van der Waals surface area contributed by atoms with Gasteiger partial charge in [-0.15, -0.1) is 0 Å². The fraction of sp³-hybridized carbons (Fsp3) is 0.389.